The summed E-state index contributed by atoms with van der Waals surface area (Å²) in [5.41, 5.74) is 0.306. The largest absolute Gasteiger partial charge is 0.462 e. The molecular weight excluding hydrogens is 324 g/mol. The topological polar surface area (TPSA) is 52.6 Å². The third-order valence-corrected chi connectivity index (χ3v) is 3.71. The number of carbonyl (C=O) groups excluding carboxylic acids is 2. The van der Waals surface area contributed by atoms with E-state index in [0.717, 1.165) is 4.88 Å². The average Bonchev–Trinajstić information content (AvgIpc) is 3.01. The Hall–Kier alpha value is -2.11. The molecule has 4 nitrogen and oxygen atoms in total. The van der Waals surface area contributed by atoms with Crippen molar-refractivity contribution < 1.29 is 19.1 Å². The summed E-state index contributed by atoms with van der Waals surface area (Å²) in [6, 6.07) is 8.14. The van der Waals surface area contributed by atoms with Crippen LogP contribution in [0.1, 0.15) is 22.2 Å². The smallest absolute Gasteiger partial charge is 0.338 e. The zero-order valence-corrected chi connectivity index (χ0v) is 13.3. The number of halogens is 1. The van der Waals surface area contributed by atoms with Gasteiger partial charge in [-0.2, -0.15) is 0 Å². The molecule has 114 valence electrons. The van der Waals surface area contributed by atoms with Gasteiger partial charge in [-0.1, -0.05) is 17.7 Å². The minimum atomic E-state index is -0.542. The summed E-state index contributed by atoms with van der Waals surface area (Å²) in [6.45, 7) is 2.00. The van der Waals surface area contributed by atoms with E-state index in [9.17, 15) is 9.59 Å². The predicted octanol–water partition coefficient (Wildman–Crippen LogP) is 4.20. The lowest BCUT2D eigenvalue weighted by atomic mass is 10.2. The van der Waals surface area contributed by atoms with Gasteiger partial charge in [-0.15, -0.1) is 11.3 Å². The van der Waals surface area contributed by atoms with Gasteiger partial charge in [0.1, 0.15) is 5.75 Å². The van der Waals surface area contributed by atoms with E-state index >= 15 is 0 Å². The van der Waals surface area contributed by atoms with Gasteiger partial charge in [-0.05, 0) is 42.6 Å². The molecule has 2 aromatic rings. The lowest BCUT2D eigenvalue weighted by molar-refractivity contribution is -0.128. The molecule has 22 heavy (non-hydrogen) atoms. The summed E-state index contributed by atoms with van der Waals surface area (Å²) in [5, 5.41) is 2.08. The Morgan fingerprint density at radius 3 is 2.77 bits per heavy atom. The minimum absolute atomic E-state index is 0.170. The Kier molecular flexibility index (Phi) is 5.75. The molecule has 0 radical (unpaired) electrons. The van der Waals surface area contributed by atoms with Crippen LogP contribution < -0.4 is 4.74 Å². The van der Waals surface area contributed by atoms with E-state index in [1.54, 1.807) is 13.0 Å². The lowest BCUT2D eigenvalue weighted by Gasteiger charge is -2.06. The van der Waals surface area contributed by atoms with Crippen LogP contribution in [0.15, 0.2) is 41.8 Å². The fourth-order valence-corrected chi connectivity index (χ4v) is 2.44. The highest BCUT2D eigenvalue weighted by Crippen LogP contribution is 2.26. The second kappa shape index (κ2) is 7.77. The van der Waals surface area contributed by atoms with Crippen molar-refractivity contribution >= 4 is 41.0 Å². The van der Waals surface area contributed by atoms with E-state index in [-0.39, 0.29) is 17.4 Å². The summed E-state index contributed by atoms with van der Waals surface area (Å²) >= 11 is 7.52. The number of hydrogen-bond acceptors (Lipinski definition) is 5. The zero-order chi connectivity index (χ0) is 15.9. The van der Waals surface area contributed by atoms with Gasteiger partial charge in [0.05, 0.1) is 17.2 Å². The molecule has 0 aliphatic carbocycles. The molecule has 1 heterocycles. The maximum Gasteiger partial charge on any atom is 0.338 e. The number of carbonyl (C=O) groups is 2. The van der Waals surface area contributed by atoms with Gasteiger partial charge in [0, 0.05) is 11.0 Å². The van der Waals surface area contributed by atoms with Crippen molar-refractivity contribution in [1.82, 2.24) is 0 Å². The molecule has 6 heteroatoms. The highest BCUT2D eigenvalue weighted by Gasteiger charge is 2.11. The first-order valence-electron chi connectivity index (χ1n) is 6.50. The van der Waals surface area contributed by atoms with E-state index in [1.165, 1.54) is 35.6 Å². The van der Waals surface area contributed by atoms with Gasteiger partial charge >= 0.3 is 11.9 Å². The first kappa shape index (κ1) is 16.3. The van der Waals surface area contributed by atoms with Gasteiger partial charge in [0.2, 0.25) is 0 Å². The van der Waals surface area contributed by atoms with Crippen LogP contribution >= 0.6 is 22.9 Å². The molecule has 1 aromatic carbocycles. The molecule has 0 amide bonds. The highest BCUT2D eigenvalue weighted by molar-refractivity contribution is 7.10. The van der Waals surface area contributed by atoms with Crippen molar-refractivity contribution in [2.75, 3.05) is 6.61 Å². The molecular formula is C16H13ClO4S. The van der Waals surface area contributed by atoms with Gasteiger partial charge < -0.3 is 9.47 Å². The SMILES string of the molecule is CCOC(=O)c1ccc(OC(=O)/C=C/c2cccs2)c(Cl)c1. The Bertz CT molecular complexity index is 692. The quantitative estimate of drug-likeness (QED) is 0.466. The monoisotopic (exact) mass is 336 g/mol. The number of esters is 2. The Morgan fingerprint density at radius 2 is 2.14 bits per heavy atom. The van der Waals surface area contributed by atoms with Crippen molar-refractivity contribution in [3.05, 3.63) is 57.3 Å². The summed E-state index contributed by atoms with van der Waals surface area (Å²) in [7, 11) is 0. The lowest BCUT2D eigenvalue weighted by Crippen LogP contribution is -2.07. The van der Waals surface area contributed by atoms with E-state index in [2.05, 4.69) is 0 Å². The van der Waals surface area contributed by atoms with Crippen LogP contribution in [0.3, 0.4) is 0 Å². The van der Waals surface area contributed by atoms with Crippen molar-refractivity contribution in [3.63, 3.8) is 0 Å². The number of rotatable bonds is 5. The van der Waals surface area contributed by atoms with Crippen LogP contribution in [0.4, 0.5) is 0 Å². The predicted molar refractivity (Wildman–Crippen MR) is 86.4 cm³/mol. The van der Waals surface area contributed by atoms with Gasteiger partial charge in [-0.25, -0.2) is 9.59 Å². The van der Waals surface area contributed by atoms with Gasteiger partial charge in [0.25, 0.3) is 0 Å². The summed E-state index contributed by atoms with van der Waals surface area (Å²) < 4.78 is 10.0. The molecule has 0 saturated heterocycles. The summed E-state index contributed by atoms with van der Waals surface area (Å²) in [5.74, 6) is -0.824. The molecule has 0 saturated carbocycles. The Balaban J connectivity index is 2.03. The molecule has 0 aliphatic heterocycles. The summed E-state index contributed by atoms with van der Waals surface area (Å²) in [4.78, 5) is 24.2. The molecule has 0 spiro atoms. The minimum Gasteiger partial charge on any atom is -0.462 e. The first-order valence-corrected chi connectivity index (χ1v) is 7.76. The molecule has 1 aromatic heterocycles. The van der Waals surface area contributed by atoms with E-state index in [0.29, 0.717) is 5.56 Å². The van der Waals surface area contributed by atoms with E-state index < -0.39 is 11.9 Å². The third-order valence-electron chi connectivity index (χ3n) is 2.58. The molecule has 2 rings (SSSR count). The fourth-order valence-electron chi connectivity index (χ4n) is 1.60. The van der Waals surface area contributed by atoms with Crippen LogP contribution in [0.25, 0.3) is 6.08 Å². The van der Waals surface area contributed by atoms with Crippen molar-refractivity contribution in [2.45, 2.75) is 6.92 Å². The third kappa shape index (κ3) is 4.44. The van der Waals surface area contributed by atoms with Crippen LogP contribution in [0.5, 0.6) is 5.75 Å². The van der Waals surface area contributed by atoms with E-state index in [4.69, 9.17) is 21.1 Å². The molecule has 0 N–H and O–H groups in total. The van der Waals surface area contributed by atoms with Crippen molar-refractivity contribution in [2.24, 2.45) is 0 Å². The maximum absolute atomic E-state index is 11.7. The first-order chi connectivity index (χ1) is 10.6. The molecule has 0 bridgehead atoms. The normalized spacial score (nSPS) is 10.6. The average molecular weight is 337 g/mol. The zero-order valence-electron chi connectivity index (χ0n) is 11.7. The number of thiophene rings is 1. The number of ether oxygens (including phenoxy) is 2. The number of benzene rings is 1. The fraction of sp³-hybridized carbons (Fsp3) is 0.125. The maximum atomic E-state index is 11.7. The Morgan fingerprint density at radius 1 is 1.32 bits per heavy atom. The number of hydrogen-bond donors (Lipinski definition) is 0. The second-order valence-electron chi connectivity index (χ2n) is 4.14. The van der Waals surface area contributed by atoms with Crippen LogP contribution in [0.2, 0.25) is 5.02 Å². The molecule has 0 aliphatic rings. The molecule has 0 fully saturated rings. The summed E-state index contributed by atoms with van der Waals surface area (Å²) in [6.07, 6.45) is 2.98. The van der Waals surface area contributed by atoms with E-state index in [1.807, 2.05) is 17.5 Å². The van der Waals surface area contributed by atoms with Gasteiger partial charge in [-0.3, -0.25) is 0 Å². The van der Waals surface area contributed by atoms with Crippen LogP contribution in [-0.4, -0.2) is 18.5 Å². The van der Waals surface area contributed by atoms with Crippen LogP contribution in [0, 0.1) is 0 Å². The molecule has 0 atom stereocenters. The molecule has 0 unspecified atom stereocenters. The highest BCUT2D eigenvalue weighted by atomic mass is 35.5. The Labute approximate surface area is 136 Å². The van der Waals surface area contributed by atoms with Crippen molar-refractivity contribution in [3.8, 4) is 5.75 Å². The standard InChI is InChI=1S/C16H13ClO4S/c1-2-20-16(19)11-5-7-14(13(17)10-11)21-15(18)8-6-12-4-3-9-22-12/h3-10H,2H2,1H3/b8-6+. The van der Waals surface area contributed by atoms with Crippen LogP contribution in [-0.2, 0) is 9.53 Å². The second-order valence-corrected chi connectivity index (χ2v) is 5.52. The van der Waals surface area contributed by atoms with Crippen molar-refractivity contribution in [1.29, 1.82) is 0 Å². The van der Waals surface area contributed by atoms with Gasteiger partial charge in [0.15, 0.2) is 0 Å².